The van der Waals surface area contributed by atoms with Gasteiger partial charge in [-0.2, -0.15) is 0 Å². The van der Waals surface area contributed by atoms with Gasteiger partial charge in [-0.1, -0.05) is 37.5 Å². The first-order valence-electron chi connectivity index (χ1n) is 10.5. The van der Waals surface area contributed by atoms with Crippen LogP contribution in [-0.4, -0.2) is 42.9 Å². The van der Waals surface area contributed by atoms with E-state index in [1.807, 2.05) is 24.3 Å². The van der Waals surface area contributed by atoms with Crippen molar-refractivity contribution >= 4 is 13.8 Å². The molecule has 2 aliphatic heterocycles. The number of nitrogens with one attached hydrogen (secondary N) is 2. The van der Waals surface area contributed by atoms with Crippen molar-refractivity contribution in [2.24, 2.45) is 16.6 Å². The number of nitrogens with zero attached hydrogens (tertiary/aromatic N) is 1. The number of benzene rings is 1. The second kappa shape index (κ2) is 8.84. The molecule has 9 heteroatoms. The maximum atomic E-state index is 12.7. The quantitative estimate of drug-likeness (QED) is 0.519. The molecule has 1 aromatic carbocycles. The molecule has 0 amide bonds. The summed E-state index contributed by atoms with van der Waals surface area (Å²) in [6, 6.07) is 7.79. The summed E-state index contributed by atoms with van der Waals surface area (Å²) in [4.78, 5) is 19.6. The Labute approximate surface area is 171 Å². The summed E-state index contributed by atoms with van der Waals surface area (Å²) in [6.45, 7) is 1.000. The van der Waals surface area contributed by atoms with E-state index in [-0.39, 0.29) is 18.3 Å². The lowest BCUT2D eigenvalue weighted by atomic mass is 9.91. The van der Waals surface area contributed by atoms with E-state index >= 15 is 0 Å². The van der Waals surface area contributed by atoms with Gasteiger partial charge in [0.05, 0.1) is 24.9 Å². The monoisotopic (exact) mass is 422 g/mol. The fourth-order valence-corrected chi connectivity index (χ4v) is 6.69. The number of nitrogens with two attached hydrogens (primary N) is 1. The van der Waals surface area contributed by atoms with Gasteiger partial charge >= 0.3 is 0 Å². The minimum atomic E-state index is -3.17. The summed E-state index contributed by atoms with van der Waals surface area (Å²) in [7, 11) is -3.17. The number of aliphatic imine (C=N–C) groups is 1. The molecule has 4 rings (SSSR count). The predicted molar refractivity (Wildman–Crippen MR) is 112 cm³/mol. The zero-order valence-electron chi connectivity index (χ0n) is 16.6. The van der Waals surface area contributed by atoms with E-state index in [2.05, 4.69) is 15.8 Å². The molecular weight excluding hydrogens is 391 g/mol. The van der Waals surface area contributed by atoms with Gasteiger partial charge in [-0.05, 0) is 30.4 Å². The van der Waals surface area contributed by atoms with Crippen molar-refractivity contribution in [3.63, 3.8) is 0 Å². The fourth-order valence-electron chi connectivity index (χ4n) is 4.50. The molecule has 2 heterocycles. The molecule has 1 saturated heterocycles. The van der Waals surface area contributed by atoms with Gasteiger partial charge in [0.2, 0.25) is 13.2 Å². The van der Waals surface area contributed by atoms with E-state index in [0.717, 1.165) is 24.0 Å². The summed E-state index contributed by atoms with van der Waals surface area (Å²) >= 11 is 0. The molecular formula is C20H31N4O4P. The van der Waals surface area contributed by atoms with Crippen LogP contribution in [0.15, 0.2) is 29.3 Å². The van der Waals surface area contributed by atoms with Crippen LogP contribution in [-0.2, 0) is 19.9 Å². The maximum Gasteiger partial charge on any atom is 0.222 e. The first kappa shape index (κ1) is 21.0. The van der Waals surface area contributed by atoms with Crippen molar-refractivity contribution in [2.75, 3.05) is 25.5 Å². The number of rotatable bonds is 6. The number of hydrogen-bond donors (Lipinski definition) is 4. The molecule has 2 fully saturated rings. The number of morpholine rings is 1. The molecule has 5 N–H and O–H groups in total. The van der Waals surface area contributed by atoms with Crippen molar-refractivity contribution in [1.29, 1.82) is 0 Å². The van der Waals surface area contributed by atoms with Crippen LogP contribution >= 0.6 is 7.37 Å². The Morgan fingerprint density at radius 3 is 2.79 bits per heavy atom. The smallest absolute Gasteiger partial charge is 0.222 e. The standard InChI is InChI=1S/C20H31N4O4P/c21-20(23-14-28-24-20)17-8-4-7-16(9-17)19-11-27-18(10-22-19)13-29(25,26)12-15-5-2-1-3-6-15/h4,7-9,14-15,18-19,22,24H,1-3,5-6,10-13,21H2,(H,25,26)/t18-,19+,20?/m1/s1. The SMILES string of the molecule is NC1(c2cccc([C@@H]3CO[C@@H](CP(=O)(O)CC4CCCCC4)CN3)c2)N=CON1. The molecule has 3 aliphatic rings. The van der Waals surface area contributed by atoms with E-state index in [0.29, 0.717) is 25.2 Å². The summed E-state index contributed by atoms with van der Waals surface area (Å²) in [5.74, 6) is -0.692. The molecule has 29 heavy (non-hydrogen) atoms. The van der Waals surface area contributed by atoms with Crippen LogP contribution in [0.5, 0.6) is 0 Å². The van der Waals surface area contributed by atoms with Gasteiger partial charge in [-0.3, -0.25) is 10.3 Å². The van der Waals surface area contributed by atoms with Gasteiger partial charge in [-0.15, -0.1) is 5.48 Å². The third-order valence-electron chi connectivity index (χ3n) is 6.10. The minimum absolute atomic E-state index is 0.00229. The van der Waals surface area contributed by atoms with Crippen LogP contribution < -0.4 is 16.5 Å². The molecule has 0 radical (unpaired) electrons. The fraction of sp³-hybridized carbons (Fsp3) is 0.650. The van der Waals surface area contributed by atoms with Gasteiger partial charge in [-0.25, -0.2) is 4.99 Å². The first-order valence-corrected chi connectivity index (χ1v) is 12.5. The largest absolute Gasteiger partial charge is 0.393 e. The summed E-state index contributed by atoms with van der Waals surface area (Å²) < 4.78 is 18.7. The highest BCUT2D eigenvalue weighted by molar-refractivity contribution is 7.58. The molecule has 0 bridgehead atoms. The third-order valence-corrected chi connectivity index (χ3v) is 8.17. The van der Waals surface area contributed by atoms with Crippen molar-refractivity contribution in [3.05, 3.63) is 35.4 Å². The summed E-state index contributed by atoms with van der Waals surface area (Å²) in [5.41, 5.74) is 10.7. The Morgan fingerprint density at radius 2 is 2.10 bits per heavy atom. The van der Waals surface area contributed by atoms with Gasteiger partial charge in [0.25, 0.3) is 0 Å². The Kier molecular flexibility index (Phi) is 6.39. The maximum absolute atomic E-state index is 12.7. The van der Waals surface area contributed by atoms with Crippen LogP contribution in [0.4, 0.5) is 0 Å². The Bertz CT molecular complexity index is 777. The first-order chi connectivity index (χ1) is 13.9. The Balaban J connectivity index is 1.31. The van der Waals surface area contributed by atoms with Crippen molar-refractivity contribution in [1.82, 2.24) is 10.8 Å². The highest BCUT2D eigenvalue weighted by Gasteiger charge is 2.33. The highest BCUT2D eigenvalue weighted by Crippen LogP contribution is 2.46. The molecule has 4 atom stereocenters. The predicted octanol–water partition coefficient (Wildman–Crippen LogP) is 2.20. The molecule has 8 nitrogen and oxygen atoms in total. The van der Waals surface area contributed by atoms with E-state index < -0.39 is 13.2 Å². The average molecular weight is 422 g/mol. The van der Waals surface area contributed by atoms with Crippen LogP contribution in [0.1, 0.15) is 49.3 Å². The van der Waals surface area contributed by atoms with E-state index in [9.17, 15) is 9.46 Å². The Morgan fingerprint density at radius 1 is 1.28 bits per heavy atom. The van der Waals surface area contributed by atoms with Gasteiger partial charge < -0.3 is 19.8 Å². The second-order valence-electron chi connectivity index (χ2n) is 8.48. The number of hydrogen-bond acceptors (Lipinski definition) is 7. The zero-order valence-corrected chi connectivity index (χ0v) is 17.5. The zero-order chi connectivity index (χ0) is 20.3. The van der Waals surface area contributed by atoms with Crippen LogP contribution in [0.2, 0.25) is 0 Å². The second-order valence-corrected chi connectivity index (χ2v) is 10.9. The lowest BCUT2D eigenvalue weighted by Crippen LogP contribution is -2.45. The normalized spacial score (nSPS) is 32.6. The molecule has 0 aromatic heterocycles. The number of ether oxygens (including phenoxy) is 1. The minimum Gasteiger partial charge on any atom is -0.393 e. The van der Waals surface area contributed by atoms with Gasteiger partial charge in [0.15, 0.2) is 6.40 Å². The van der Waals surface area contributed by atoms with Gasteiger partial charge in [0.1, 0.15) is 0 Å². The van der Waals surface area contributed by atoms with Crippen LogP contribution in [0.25, 0.3) is 0 Å². The lowest BCUT2D eigenvalue weighted by Gasteiger charge is -2.33. The average Bonchev–Trinajstić information content (AvgIpc) is 3.17. The molecule has 1 saturated carbocycles. The van der Waals surface area contributed by atoms with Gasteiger partial charge in [0, 0.05) is 18.3 Å². The van der Waals surface area contributed by atoms with Crippen molar-refractivity contribution in [3.8, 4) is 0 Å². The van der Waals surface area contributed by atoms with Crippen LogP contribution in [0.3, 0.4) is 0 Å². The summed E-state index contributed by atoms with van der Waals surface area (Å²) in [6.07, 6.45) is 7.51. The van der Waals surface area contributed by atoms with Crippen molar-refractivity contribution in [2.45, 2.75) is 50.0 Å². The Hall–Kier alpha value is -1.28. The lowest BCUT2D eigenvalue weighted by molar-refractivity contribution is 0.0155. The molecule has 1 aliphatic carbocycles. The van der Waals surface area contributed by atoms with Crippen molar-refractivity contribution < 1.29 is 19.0 Å². The van der Waals surface area contributed by atoms with Crippen LogP contribution in [0, 0.1) is 5.92 Å². The van der Waals surface area contributed by atoms with E-state index in [1.165, 1.54) is 25.7 Å². The van der Waals surface area contributed by atoms with E-state index in [4.69, 9.17) is 15.3 Å². The molecule has 1 aromatic rings. The third kappa shape index (κ3) is 5.26. The topological polar surface area (TPSA) is 118 Å². The molecule has 160 valence electrons. The highest BCUT2D eigenvalue weighted by atomic mass is 31.2. The summed E-state index contributed by atoms with van der Waals surface area (Å²) in [5, 5.41) is 3.45. The molecule has 2 unspecified atom stereocenters. The molecule has 0 spiro atoms. The number of hydroxylamine groups is 1. The van der Waals surface area contributed by atoms with E-state index in [1.54, 1.807) is 0 Å².